The first-order valence-corrected chi connectivity index (χ1v) is 11.7. The van der Waals surface area contributed by atoms with Gasteiger partial charge in [0.25, 0.3) is 0 Å². The highest BCUT2D eigenvalue weighted by molar-refractivity contribution is 5.87. The molecule has 0 aliphatic rings. The Bertz CT molecular complexity index is 1340. The average molecular weight is 488 g/mol. The number of hydroxylamine groups is 1. The van der Waals surface area contributed by atoms with Crippen LogP contribution in [-0.2, 0) is 4.79 Å². The first-order chi connectivity index (χ1) is 17.6. The van der Waals surface area contributed by atoms with E-state index in [1.54, 1.807) is 17.7 Å². The molecule has 0 fully saturated rings. The third-order valence-corrected chi connectivity index (χ3v) is 5.72. The summed E-state index contributed by atoms with van der Waals surface area (Å²) in [6, 6.07) is 13.2. The van der Waals surface area contributed by atoms with Crippen molar-refractivity contribution in [3.63, 3.8) is 0 Å². The molecule has 0 spiro atoms. The monoisotopic (exact) mass is 487 g/mol. The van der Waals surface area contributed by atoms with E-state index < -0.39 is 0 Å². The van der Waals surface area contributed by atoms with Crippen molar-refractivity contribution in [2.24, 2.45) is 0 Å². The van der Waals surface area contributed by atoms with Crippen LogP contribution in [0.3, 0.4) is 0 Å². The number of nitrogens with one attached hydrogen (secondary N) is 3. The van der Waals surface area contributed by atoms with Gasteiger partial charge in [-0.15, -0.1) is 0 Å². The summed E-state index contributed by atoms with van der Waals surface area (Å²) in [5, 5.41) is 19.3. The maximum atomic E-state index is 11.0. The minimum atomic E-state index is -0.349. The van der Waals surface area contributed by atoms with E-state index in [4.69, 9.17) is 26.1 Å². The van der Waals surface area contributed by atoms with Gasteiger partial charge in [-0.2, -0.15) is 0 Å². The van der Waals surface area contributed by atoms with Gasteiger partial charge < -0.3 is 25.6 Å². The summed E-state index contributed by atoms with van der Waals surface area (Å²) in [5.74, 6) is 1.03. The molecule has 2 heterocycles. The van der Waals surface area contributed by atoms with Crippen molar-refractivity contribution in [3.05, 3.63) is 66.6 Å². The second kappa shape index (κ2) is 11.8. The molecule has 0 saturated heterocycles. The molecule has 6 N–H and O–H groups in total. The van der Waals surface area contributed by atoms with Crippen molar-refractivity contribution in [3.8, 4) is 17.0 Å². The van der Waals surface area contributed by atoms with E-state index in [-0.39, 0.29) is 5.91 Å². The maximum Gasteiger partial charge on any atom is 0.243 e. The molecular formula is C26H29N7O3. The second-order valence-corrected chi connectivity index (χ2v) is 8.32. The average Bonchev–Trinajstić information content (AvgIpc) is 3.38. The van der Waals surface area contributed by atoms with Crippen molar-refractivity contribution >= 4 is 35.0 Å². The maximum absolute atomic E-state index is 11.0. The standard InChI is InChI=1S/C26H29N7O3/c27-16-19-7-6-18(15-22(19)28)23-17-33-13-12-29-26(33)25(31-23)30-20-8-10-21(11-9-20)36-14-4-2-1-3-5-24(34)32-35/h6-13,15-17,27,35H,1-5,14,28H2,(H,30,31)(H,32,34). The number of anilines is 3. The van der Waals surface area contributed by atoms with Gasteiger partial charge in [-0.05, 0) is 43.2 Å². The van der Waals surface area contributed by atoms with Gasteiger partial charge in [-0.1, -0.05) is 25.0 Å². The van der Waals surface area contributed by atoms with E-state index in [1.165, 1.54) is 6.21 Å². The molecule has 1 amide bonds. The molecular weight excluding hydrogens is 458 g/mol. The van der Waals surface area contributed by atoms with Crippen LogP contribution < -0.4 is 21.3 Å². The van der Waals surface area contributed by atoms with E-state index in [0.717, 1.165) is 48.4 Å². The lowest BCUT2D eigenvalue weighted by atomic mass is 10.1. The normalized spacial score (nSPS) is 10.8. The summed E-state index contributed by atoms with van der Waals surface area (Å²) in [5.41, 5.74) is 12.0. The fourth-order valence-electron chi connectivity index (χ4n) is 3.78. The van der Waals surface area contributed by atoms with Gasteiger partial charge in [0.1, 0.15) is 5.75 Å². The Hall–Kier alpha value is -4.44. The topological polar surface area (TPSA) is 151 Å². The molecule has 0 saturated carbocycles. The van der Waals surface area contributed by atoms with Crippen molar-refractivity contribution in [2.75, 3.05) is 17.7 Å². The number of carbonyl (C=O) groups is 1. The van der Waals surface area contributed by atoms with E-state index in [0.29, 0.717) is 35.7 Å². The van der Waals surface area contributed by atoms with E-state index >= 15 is 0 Å². The third kappa shape index (κ3) is 6.16. The molecule has 0 unspecified atom stereocenters. The van der Waals surface area contributed by atoms with Crippen LogP contribution in [0.2, 0.25) is 0 Å². The van der Waals surface area contributed by atoms with Crippen LogP contribution in [0.5, 0.6) is 5.75 Å². The number of rotatable bonds is 12. The number of amides is 1. The first kappa shape index (κ1) is 24.7. The number of aromatic nitrogens is 3. The van der Waals surface area contributed by atoms with Crippen LogP contribution in [0.4, 0.5) is 17.2 Å². The minimum Gasteiger partial charge on any atom is -0.494 e. The van der Waals surface area contributed by atoms with Gasteiger partial charge in [0, 0.05) is 53.7 Å². The molecule has 186 valence electrons. The summed E-state index contributed by atoms with van der Waals surface area (Å²) >= 11 is 0. The number of nitrogens with two attached hydrogens (primary N) is 1. The summed E-state index contributed by atoms with van der Waals surface area (Å²) in [4.78, 5) is 20.2. The van der Waals surface area contributed by atoms with E-state index in [1.807, 2.05) is 53.2 Å². The van der Waals surface area contributed by atoms with Gasteiger partial charge in [0.2, 0.25) is 5.91 Å². The zero-order chi connectivity index (χ0) is 25.3. The SMILES string of the molecule is N=Cc1ccc(-c2cn3ccnc3c(Nc3ccc(OCCCCCCC(=O)NO)cc3)n2)cc1N. The fraction of sp³-hybridized carbons (Fsp3) is 0.231. The highest BCUT2D eigenvalue weighted by Crippen LogP contribution is 2.27. The molecule has 0 aliphatic carbocycles. The van der Waals surface area contributed by atoms with Crippen molar-refractivity contribution in [1.29, 1.82) is 5.41 Å². The van der Waals surface area contributed by atoms with Gasteiger partial charge >= 0.3 is 0 Å². The summed E-state index contributed by atoms with van der Waals surface area (Å²) in [6.07, 6.45) is 10.5. The number of hydrogen-bond acceptors (Lipinski definition) is 8. The molecule has 2 aromatic carbocycles. The number of ether oxygens (including phenoxy) is 1. The number of nitrogens with zero attached hydrogens (tertiary/aromatic N) is 3. The van der Waals surface area contributed by atoms with Gasteiger partial charge in [0.15, 0.2) is 11.5 Å². The predicted octanol–water partition coefficient (Wildman–Crippen LogP) is 4.55. The number of imidazole rings is 1. The number of unbranched alkanes of at least 4 members (excludes halogenated alkanes) is 3. The minimum absolute atomic E-state index is 0.333. The van der Waals surface area contributed by atoms with E-state index in [9.17, 15) is 4.79 Å². The predicted molar refractivity (Wildman–Crippen MR) is 139 cm³/mol. The Morgan fingerprint density at radius 1 is 1.14 bits per heavy atom. The molecule has 0 atom stereocenters. The summed E-state index contributed by atoms with van der Waals surface area (Å²) in [6.45, 7) is 0.594. The Labute approximate surface area is 208 Å². The van der Waals surface area contributed by atoms with Crippen molar-refractivity contribution in [1.82, 2.24) is 19.8 Å². The number of fused-ring (bicyclic) bond motifs is 1. The molecule has 0 radical (unpaired) electrons. The number of carbonyl (C=O) groups excluding carboxylic acids is 1. The van der Waals surface area contributed by atoms with Crippen LogP contribution in [0.15, 0.2) is 61.1 Å². The molecule has 10 heteroatoms. The lowest BCUT2D eigenvalue weighted by molar-refractivity contribution is -0.129. The molecule has 0 bridgehead atoms. The largest absolute Gasteiger partial charge is 0.494 e. The lowest BCUT2D eigenvalue weighted by Crippen LogP contribution is -2.17. The van der Waals surface area contributed by atoms with Gasteiger partial charge in [-0.25, -0.2) is 15.4 Å². The van der Waals surface area contributed by atoms with Crippen LogP contribution in [0.25, 0.3) is 16.9 Å². The molecule has 4 aromatic rings. The van der Waals surface area contributed by atoms with Crippen LogP contribution in [0, 0.1) is 5.41 Å². The Morgan fingerprint density at radius 3 is 2.69 bits per heavy atom. The zero-order valence-corrected chi connectivity index (χ0v) is 19.8. The molecule has 2 aromatic heterocycles. The van der Waals surface area contributed by atoms with E-state index in [2.05, 4.69) is 10.3 Å². The number of benzene rings is 2. The highest BCUT2D eigenvalue weighted by Gasteiger charge is 2.11. The lowest BCUT2D eigenvalue weighted by Gasteiger charge is -2.12. The van der Waals surface area contributed by atoms with Gasteiger partial charge in [-0.3, -0.25) is 10.0 Å². The van der Waals surface area contributed by atoms with Crippen molar-refractivity contribution < 1.29 is 14.7 Å². The third-order valence-electron chi connectivity index (χ3n) is 5.72. The summed E-state index contributed by atoms with van der Waals surface area (Å²) < 4.78 is 7.72. The fourth-order valence-corrected chi connectivity index (χ4v) is 3.78. The number of nitrogen functional groups attached to an aromatic ring is 1. The Balaban J connectivity index is 1.38. The van der Waals surface area contributed by atoms with Crippen LogP contribution in [0.1, 0.15) is 37.7 Å². The number of hydrogen-bond donors (Lipinski definition) is 5. The second-order valence-electron chi connectivity index (χ2n) is 8.32. The van der Waals surface area contributed by atoms with Crippen molar-refractivity contribution in [2.45, 2.75) is 32.1 Å². The van der Waals surface area contributed by atoms with Crippen LogP contribution in [-0.4, -0.2) is 38.3 Å². The molecule has 36 heavy (non-hydrogen) atoms. The van der Waals surface area contributed by atoms with Crippen LogP contribution >= 0.6 is 0 Å². The summed E-state index contributed by atoms with van der Waals surface area (Å²) in [7, 11) is 0. The molecule has 4 rings (SSSR count). The molecule has 10 nitrogen and oxygen atoms in total. The Kier molecular flexibility index (Phi) is 8.09. The smallest absolute Gasteiger partial charge is 0.243 e. The quantitative estimate of drug-likeness (QED) is 0.0646. The molecule has 0 aliphatic heterocycles. The Morgan fingerprint density at radius 2 is 1.94 bits per heavy atom. The van der Waals surface area contributed by atoms with Gasteiger partial charge in [0.05, 0.1) is 12.3 Å². The first-order valence-electron chi connectivity index (χ1n) is 11.7. The zero-order valence-electron chi connectivity index (χ0n) is 19.8. The highest BCUT2D eigenvalue weighted by atomic mass is 16.5.